The number of rotatable bonds is 6. The summed E-state index contributed by atoms with van der Waals surface area (Å²) in [5.74, 6) is -0.794. The van der Waals surface area contributed by atoms with Crippen LogP contribution in [0.15, 0.2) is 76.5 Å². The first-order chi connectivity index (χ1) is 14.4. The fraction of sp³-hybridized carbons (Fsp3) is 0.174. The number of amides is 1. The third-order valence-corrected chi connectivity index (χ3v) is 6.01. The second-order valence-corrected chi connectivity index (χ2v) is 8.12. The number of nitrogens with zero attached hydrogens (tertiary/aromatic N) is 1. The van der Waals surface area contributed by atoms with Crippen LogP contribution in [0.5, 0.6) is 0 Å². The van der Waals surface area contributed by atoms with Crippen molar-refractivity contribution >= 4 is 40.7 Å². The molecular formula is C23H20ClN3O2S. The highest BCUT2D eigenvalue weighted by Gasteiger charge is 2.34. The number of dihydropyridines is 1. The highest BCUT2D eigenvalue weighted by atomic mass is 35.5. The van der Waals surface area contributed by atoms with Gasteiger partial charge in [0.1, 0.15) is 0 Å². The van der Waals surface area contributed by atoms with Crippen molar-refractivity contribution < 1.29 is 9.59 Å². The summed E-state index contributed by atoms with van der Waals surface area (Å²) in [6.45, 7) is 3.27. The average Bonchev–Trinajstić information content (AvgIpc) is 2.72. The molecular weight excluding hydrogens is 418 g/mol. The van der Waals surface area contributed by atoms with Crippen LogP contribution in [0.4, 0.5) is 5.69 Å². The molecule has 0 saturated heterocycles. The minimum atomic E-state index is -0.581. The summed E-state index contributed by atoms with van der Waals surface area (Å²) in [6, 6.07) is 18.6. The number of hydrogen-bond acceptors (Lipinski definition) is 5. The Balaban J connectivity index is 1.90. The van der Waals surface area contributed by atoms with Gasteiger partial charge in [-0.05, 0) is 37.6 Å². The topological polar surface area (TPSA) is 82.0 Å². The summed E-state index contributed by atoms with van der Waals surface area (Å²) in [6.07, 6.45) is 0. The molecule has 0 fully saturated rings. The number of Topliss-reactive ketones (excluding diaryl/α,β-unsaturated/α-hetero) is 1. The molecule has 0 aromatic heterocycles. The highest BCUT2D eigenvalue weighted by molar-refractivity contribution is 8.03. The molecule has 2 aromatic carbocycles. The van der Waals surface area contributed by atoms with E-state index >= 15 is 0 Å². The number of para-hydroxylation sites is 1. The van der Waals surface area contributed by atoms with Gasteiger partial charge >= 0.3 is 0 Å². The van der Waals surface area contributed by atoms with Gasteiger partial charge in [-0.15, -0.1) is 0 Å². The number of carbonyl (C=O) groups is 2. The fourth-order valence-corrected chi connectivity index (χ4v) is 4.51. The van der Waals surface area contributed by atoms with Gasteiger partial charge in [-0.2, -0.15) is 5.26 Å². The van der Waals surface area contributed by atoms with E-state index in [1.807, 2.05) is 30.3 Å². The zero-order valence-electron chi connectivity index (χ0n) is 16.5. The van der Waals surface area contributed by atoms with Gasteiger partial charge in [0.25, 0.3) is 0 Å². The van der Waals surface area contributed by atoms with Gasteiger partial charge in [0.05, 0.1) is 28.3 Å². The molecule has 2 N–H and O–H groups in total. The number of hydrogen-bond donors (Lipinski definition) is 2. The van der Waals surface area contributed by atoms with E-state index in [4.69, 9.17) is 11.6 Å². The number of thioether (sulfide) groups is 1. The molecule has 0 aliphatic carbocycles. The average molecular weight is 438 g/mol. The molecule has 1 amide bonds. The molecule has 30 heavy (non-hydrogen) atoms. The van der Waals surface area contributed by atoms with Crippen molar-refractivity contribution in [3.8, 4) is 6.07 Å². The summed E-state index contributed by atoms with van der Waals surface area (Å²) in [5.41, 5.74) is 2.92. The number of nitriles is 1. The summed E-state index contributed by atoms with van der Waals surface area (Å²) in [5, 5.41) is 16.9. The second kappa shape index (κ2) is 9.66. The van der Waals surface area contributed by atoms with Crippen LogP contribution in [-0.4, -0.2) is 17.4 Å². The minimum absolute atomic E-state index is 0.111. The lowest BCUT2D eigenvalue weighted by Gasteiger charge is -2.29. The van der Waals surface area contributed by atoms with Crippen LogP contribution in [0, 0.1) is 11.3 Å². The number of benzene rings is 2. The predicted molar refractivity (Wildman–Crippen MR) is 121 cm³/mol. The van der Waals surface area contributed by atoms with Gasteiger partial charge in [0.15, 0.2) is 5.78 Å². The first-order valence-corrected chi connectivity index (χ1v) is 10.6. The molecule has 0 radical (unpaired) electrons. The van der Waals surface area contributed by atoms with Crippen molar-refractivity contribution in [3.05, 3.63) is 87.1 Å². The van der Waals surface area contributed by atoms with Gasteiger partial charge < -0.3 is 10.6 Å². The number of anilines is 1. The quantitative estimate of drug-likeness (QED) is 0.664. The lowest BCUT2D eigenvalue weighted by atomic mass is 9.81. The molecule has 7 heteroatoms. The van der Waals surface area contributed by atoms with Crippen molar-refractivity contribution in [3.63, 3.8) is 0 Å². The molecule has 5 nitrogen and oxygen atoms in total. The minimum Gasteiger partial charge on any atom is -0.353 e. The van der Waals surface area contributed by atoms with Gasteiger partial charge in [-0.1, -0.05) is 59.8 Å². The molecule has 1 aliphatic rings. The zero-order valence-corrected chi connectivity index (χ0v) is 18.1. The molecule has 1 heterocycles. The van der Waals surface area contributed by atoms with E-state index in [0.29, 0.717) is 38.1 Å². The van der Waals surface area contributed by atoms with Gasteiger partial charge in [0, 0.05) is 22.0 Å². The normalized spacial score (nSPS) is 16.0. The van der Waals surface area contributed by atoms with E-state index in [-0.39, 0.29) is 17.4 Å². The smallest absolute Gasteiger partial charge is 0.234 e. The van der Waals surface area contributed by atoms with Crippen LogP contribution in [0.2, 0.25) is 5.02 Å². The van der Waals surface area contributed by atoms with E-state index in [9.17, 15) is 14.9 Å². The molecule has 0 bridgehead atoms. The van der Waals surface area contributed by atoms with E-state index < -0.39 is 5.92 Å². The standard InChI is InChI=1S/C23H20ClN3O2S/c1-14-21(15(2)28)22(17-10-6-7-11-19(17)24)18(12-25)23(26-14)30-13-20(29)27-16-8-4-3-5-9-16/h3-11,22,26H,13H2,1-2H3,(H,27,29). The third kappa shape index (κ3) is 4.76. The number of nitrogens with one attached hydrogen (secondary N) is 2. The lowest BCUT2D eigenvalue weighted by Crippen LogP contribution is -2.28. The Bertz CT molecular complexity index is 1090. The highest BCUT2D eigenvalue weighted by Crippen LogP contribution is 2.42. The van der Waals surface area contributed by atoms with Gasteiger partial charge in [0.2, 0.25) is 5.91 Å². The van der Waals surface area contributed by atoms with Crippen LogP contribution >= 0.6 is 23.4 Å². The zero-order chi connectivity index (χ0) is 21.7. The largest absolute Gasteiger partial charge is 0.353 e. The molecule has 0 spiro atoms. The molecule has 0 saturated carbocycles. The Hall–Kier alpha value is -3.01. The Morgan fingerprint density at radius 2 is 1.83 bits per heavy atom. The predicted octanol–water partition coefficient (Wildman–Crippen LogP) is 5.00. The molecule has 2 aromatic rings. The Morgan fingerprint density at radius 1 is 1.17 bits per heavy atom. The first kappa shape index (κ1) is 21.7. The van der Waals surface area contributed by atoms with E-state index in [2.05, 4.69) is 16.7 Å². The lowest BCUT2D eigenvalue weighted by molar-refractivity contribution is -0.114. The molecule has 152 valence electrons. The fourth-order valence-electron chi connectivity index (χ4n) is 3.37. The second-order valence-electron chi connectivity index (χ2n) is 6.73. The van der Waals surface area contributed by atoms with Gasteiger partial charge in [-0.25, -0.2) is 0 Å². The Morgan fingerprint density at radius 3 is 2.47 bits per heavy atom. The van der Waals surface area contributed by atoms with Crippen molar-refractivity contribution in [1.82, 2.24) is 5.32 Å². The Labute approximate surface area is 184 Å². The van der Waals surface area contributed by atoms with Crippen LogP contribution in [0.25, 0.3) is 0 Å². The first-order valence-electron chi connectivity index (χ1n) is 9.27. The number of carbonyl (C=O) groups excluding carboxylic acids is 2. The van der Waals surface area contributed by atoms with E-state index in [0.717, 1.165) is 0 Å². The van der Waals surface area contributed by atoms with Crippen molar-refractivity contribution in [2.24, 2.45) is 0 Å². The van der Waals surface area contributed by atoms with E-state index in [1.54, 1.807) is 31.2 Å². The van der Waals surface area contributed by atoms with Crippen LogP contribution < -0.4 is 10.6 Å². The summed E-state index contributed by atoms with van der Waals surface area (Å²) in [4.78, 5) is 24.8. The van der Waals surface area contributed by atoms with Crippen molar-refractivity contribution in [2.75, 3.05) is 11.1 Å². The molecule has 1 unspecified atom stereocenters. The molecule has 1 aliphatic heterocycles. The summed E-state index contributed by atoms with van der Waals surface area (Å²) >= 11 is 7.63. The number of halogens is 1. The molecule has 1 atom stereocenters. The maximum Gasteiger partial charge on any atom is 0.234 e. The maximum atomic E-state index is 12.4. The monoisotopic (exact) mass is 437 g/mol. The number of allylic oxidation sites excluding steroid dienone is 3. The summed E-state index contributed by atoms with van der Waals surface area (Å²) in [7, 11) is 0. The molecule has 3 rings (SSSR count). The van der Waals surface area contributed by atoms with Crippen molar-refractivity contribution in [1.29, 1.82) is 5.26 Å². The van der Waals surface area contributed by atoms with E-state index in [1.165, 1.54) is 18.7 Å². The third-order valence-electron chi connectivity index (χ3n) is 4.65. The Kier molecular flexibility index (Phi) is 6.99. The number of ketones is 1. The maximum absolute atomic E-state index is 12.4. The van der Waals surface area contributed by atoms with Crippen LogP contribution in [0.1, 0.15) is 25.3 Å². The summed E-state index contributed by atoms with van der Waals surface area (Å²) < 4.78 is 0. The van der Waals surface area contributed by atoms with Crippen LogP contribution in [0.3, 0.4) is 0 Å². The van der Waals surface area contributed by atoms with Gasteiger partial charge in [-0.3, -0.25) is 9.59 Å². The SMILES string of the molecule is CC(=O)C1=C(C)NC(SCC(=O)Nc2ccccc2)=C(C#N)C1c1ccccc1Cl. The van der Waals surface area contributed by atoms with Crippen molar-refractivity contribution in [2.45, 2.75) is 19.8 Å². The van der Waals surface area contributed by atoms with Crippen LogP contribution in [-0.2, 0) is 9.59 Å².